The molecule has 2 rings (SSSR count). The SMILES string of the molecule is c1nc(CNCCCOCC2CC2)cs1. The molecule has 1 aliphatic rings. The highest BCUT2D eigenvalue weighted by molar-refractivity contribution is 7.07. The fourth-order valence-corrected chi connectivity index (χ4v) is 1.93. The summed E-state index contributed by atoms with van der Waals surface area (Å²) in [7, 11) is 0. The van der Waals surface area contributed by atoms with Crippen molar-refractivity contribution in [2.45, 2.75) is 25.8 Å². The molecule has 0 bridgehead atoms. The Morgan fingerprint density at radius 3 is 3.20 bits per heavy atom. The minimum atomic E-state index is 0.881. The molecular formula is C11H18N2OS. The molecule has 1 heterocycles. The molecule has 0 unspecified atom stereocenters. The van der Waals surface area contributed by atoms with E-state index in [1.54, 1.807) is 11.3 Å². The van der Waals surface area contributed by atoms with Crippen LogP contribution in [0.4, 0.5) is 0 Å². The molecule has 1 aliphatic carbocycles. The Balaban J connectivity index is 1.38. The molecule has 84 valence electrons. The Morgan fingerprint density at radius 2 is 2.47 bits per heavy atom. The summed E-state index contributed by atoms with van der Waals surface area (Å²) >= 11 is 1.65. The normalized spacial score (nSPS) is 15.7. The molecule has 1 N–H and O–H groups in total. The first kappa shape index (κ1) is 11.0. The van der Waals surface area contributed by atoms with E-state index >= 15 is 0 Å². The second-order valence-corrected chi connectivity index (χ2v) is 4.75. The number of aromatic nitrogens is 1. The number of rotatable bonds is 8. The van der Waals surface area contributed by atoms with Crippen LogP contribution in [-0.2, 0) is 11.3 Å². The van der Waals surface area contributed by atoms with E-state index in [0.29, 0.717) is 0 Å². The van der Waals surface area contributed by atoms with Crippen LogP contribution in [0.2, 0.25) is 0 Å². The molecule has 1 aromatic rings. The summed E-state index contributed by atoms with van der Waals surface area (Å²) < 4.78 is 5.54. The van der Waals surface area contributed by atoms with Crippen molar-refractivity contribution < 1.29 is 4.74 Å². The van der Waals surface area contributed by atoms with Gasteiger partial charge in [0, 0.05) is 25.1 Å². The third kappa shape index (κ3) is 4.73. The third-order valence-corrected chi connectivity index (χ3v) is 3.12. The van der Waals surface area contributed by atoms with Gasteiger partial charge in [0.2, 0.25) is 0 Å². The zero-order chi connectivity index (χ0) is 10.3. The third-order valence-electron chi connectivity index (χ3n) is 2.48. The zero-order valence-corrected chi connectivity index (χ0v) is 9.76. The van der Waals surface area contributed by atoms with E-state index in [0.717, 1.165) is 44.3 Å². The van der Waals surface area contributed by atoms with Gasteiger partial charge in [-0.25, -0.2) is 4.98 Å². The quantitative estimate of drug-likeness (QED) is 0.689. The van der Waals surface area contributed by atoms with E-state index in [4.69, 9.17) is 4.74 Å². The van der Waals surface area contributed by atoms with Crippen molar-refractivity contribution in [3.63, 3.8) is 0 Å². The monoisotopic (exact) mass is 226 g/mol. The maximum absolute atomic E-state index is 5.54. The molecule has 0 aromatic carbocycles. The van der Waals surface area contributed by atoms with Gasteiger partial charge in [-0.2, -0.15) is 0 Å². The molecule has 4 heteroatoms. The second kappa shape index (κ2) is 6.20. The molecule has 0 atom stereocenters. The average Bonchev–Trinajstić information content (AvgIpc) is 2.92. The highest BCUT2D eigenvalue weighted by atomic mass is 32.1. The lowest BCUT2D eigenvalue weighted by atomic mass is 10.4. The molecule has 0 radical (unpaired) electrons. The van der Waals surface area contributed by atoms with E-state index in [1.165, 1.54) is 12.8 Å². The first-order chi connectivity index (χ1) is 7.45. The summed E-state index contributed by atoms with van der Waals surface area (Å²) in [5.74, 6) is 0.882. The summed E-state index contributed by atoms with van der Waals surface area (Å²) in [6.07, 6.45) is 3.85. The molecule has 0 spiro atoms. The van der Waals surface area contributed by atoms with Gasteiger partial charge in [-0.15, -0.1) is 11.3 Å². The molecular weight excluding hydrogens is 208 g/mol. The van der Waals surface area contributed by atoms with Crippen molar-refractivity contribution in [2.75, 3.05) is 19.8 Å². The van der Waals surface area contributed by atoms with Crippen LogP contribution in [0.15, 0.2) is 10.9 Å². The van der Waals surface area contributed by atoms with Crippen LogP contribution in [0.3, 0.4) is 0 Å². The second-order valence-electron chi connectivity index (χ2n) is 4.03. The molecule has 1 saturated carbocycles. The van der Waals surface area contributed by atoms with Crippen LogP contribution in [-0.4, -0.2) is 24.7 Å². The van der Waals surface area contributed by atoms with E-state index in [2.05, 4.69) is 15.7 Å². The first-order valence-corrected chi connectivity index (χ1v) is 6.55. The van der Waals surface area contributed by atoms with Crippen LogP contribution in [0.5, 0.6) is 0 Å². The van der Waals surface area contributed by atoms with Gasteiger partial charge >= 0.3 is 0 Å². The molecule has 15 heavy (non-hydrogen) atoms. The van der Waals surface area contributed by atoms with Gasteiger partial charge in [-0.1, -0.05) is 0 Å². The average molecular weight is 226 g/mol. The molecule has 3 nitrogen and oxygen atoms in total. The summed E-state index contributed by atoms with van der Waals surface area (Å²) in [5, 5.41) is 5.44. The van der Waals surface area contributed by atoms with Crippen LogP contribution < -0.4 is 5.32 Å². The van der Waals surface area contributed by atoms with Gasteiger partial charge in [0.25, 0.3) is 0 Å². The van der Waals surface area contributed by atoms with Gasteiger partial charge in [0.05, 0.1) is 11.2 Å². The van der Waals surface area contributed by atoms with Crippen LogP contribution in [0.25, 0.3) is 0 Å². The minimum absolute atomic E-state index is 0.881. The van der Waals surface area contributed by atoms with Gasteiger partial charge in [-0.3, -0.25) is 0 Å². The Hall–Kier alpha value is -0.450. The number of nitrogens with one attached hydrogen (secondary N) is 1. The maximum Gasteiger partial charge on any atom is 0.0795 e. The molecule has 0 amide bonds. The fraction of sp³-hybridized carbons (Fsp3) is 0.727. The maximum atomic E-state index is 5.54. The molecule has 0 aliphatic heterocycles. The summed E-state index contributed by atoms with van der Waals surface area (Å²) in [5.41, 5.74) is 3.01. The number of nitrogens with zero attached hydrogens (tertiary/aromatic N) is 1. The van der Waals surface area contributed by atoms with Crippen LogP contribution in [0, 0.1) is 5.92 Å². The van der Waals surface area contributed by atoms with Gasteiger partial charge in [0.1, 0.15) is 0 Å². The summed E-state index contributed by atoms with van der Waals surface area (Å²) in [4.78, 5) is 4.21. The highest BCUT2D eigenvalue weighted by Gasteiger charge is 2.20. The van der Waals surface area contributed by atoms with E-state index in [1.807, 2.05) is 5.51 Å². The van der Waals surface area contributed by atoms with E-state index in [-0.39, 0.29) is 0 Å². The molecule has 1 fully saturated rings. The Bertz CT molecular complexity index is 260. The summed E-state index contributed by atoms with van der Waals surface area (Å²) in [6, 6.07) is 0. The number of hydrogen-bond acceptors (Lipinski definition) is 4. The minimum Gasteiger partial charge on any atom is -0.381 e. The smallest absolute Gasteiger partial charge is 0.0795 e. The zero-order valence-electron chi connectivity index (χ0n) is 8.95. The highest BCUT2D eigenvalue weighted by Crippen LogP contribution is 2.28. The Labute approximate surface area is 94.9 Å². The Kier molecular flexibility index (Phi) is 4.57. The van der Waals surface area contributed by atoms with Crippen molar-refractivity contribution in [3.8, 4) is 0 Å². The predicted molar refractivity (Wildman–Crippen MR) is 62.0 cm³/mol. The lowest BCUT2D eigenvalue weighted by molar-refractivity contribution is 0.122. The first-order valence-electron chi connectivity index (χ1n) is 5.60. The van der Waals surface area contributed by atoms with Crippen LogP contribution >= 0.6 is 11.3 Å². The number of thiazole rings is 1. The number of ether oxygens (including phenoxy) is 1. The van der Waals surface area contributed by atoms with Gasteiger partial charge < -0.3 is 10.1 Å². The standard InChI is InChI=1S/C11H18N2OS/c1(5-14-7-10-2-3-10)4-12-6-11-8-15-9-13-11/h8-10,12H,1-7H2. The van der Waals surface area contributed by atoms with Crippen molar-refractivity contribution >= 4 is 11.3 Å². The van der Waals surface area contributed by atoms with E-state index < -0.39 is 0 Å². The van der Waals surface area contributed by atoms with Crippen molar-refractivity contribution in [2.24, 2.45) is 5.92 Å². The largest absolute Gasteiger partial charge is 0.381 e. The van der Waals surface area contributed by atoms with Crippen molar-refractivity contribution in [1.82, 2.24) is 10.3 Å². The van der Waals surface area contributed by atoms with E-state index in [9.17, 15) is 0 Å². The van der Waals surface area contributed by atoms with Gasteiger partial charge in [-0.05, 0) is 31.7 Å². The lowest BCUT2D eigenvalue weighted by Gasteiger charge is -2.04. The summed E-state index contributed by atoms with van der Waals surface area (Å²) in [6.45, 7) is 3.76. The van der Waals surface area contributed by atoms with Crippen molar-refractivity contribution in [1.29, 1.82) is 0 Å². The molecule has 0 saturated heterocycles. The molecule has 1 aromatic heterocycles. The number of hydrogen-bond donors (Lipinski definition) is 1. The fourth-order valence-electron chi connectivity index (χ4n) is 1.38. The predicted octanol–water partition coefficient (Wildman–Crippen LogP) is 2.05. The Morgan fingerprint density at radius 1 is 1.53 bits per heavy atom. The topological polar surface area (TPSA) is 34.2 Å². The van der Waals surface area contributed by atoms with Crippen molar-refractivity contribution in [3.05, 3.63) is 16.6 Å². The van der Waals surface area contributed by atoms with Gasteiger partial charge in [0.15, 0.2) is 0 Å². The lowest BCUT2D eigenvalue weighted by Crippen LogP contribution is -2.16. The van der Waals surface area contributed by atoms with Crippen LogP contribution in [0.1, 0.15) is 25.0 Å².